The summed E-state index contributed by atoms with van der Waals surface area (Å²) in [5, 5.41) is 3.09. The molecule has 0 atom stereocenters. The van der Waals surface area contributed by atoms with E-state index in [9.17, 15) is 21.6 Å². The molecule has 0 aliphatic carbocycles. The van der Waals surface area contributed by atoms with Crippen molar-refractivity contribution in [2.24, 2.45) is 0 Å². The Bertz CT molecular complexity index is 527. The van der Waals surface area contributed by atoms with Crippen LogP contribution in [0, 0.1) is 0 Å². The quantitative estimate of drug-likeness (QED) is 0.677. The summed E-state index contributed by atoms with van der Waals surface area (Å²) >= 11 is 1.15. The number of rotatable bonds is 9. The Kier molecular flexibility index (Phi) is 7.11. The zero-order valence-electron chi connectivity index (χ0n) is 11.7. The summed E-state index contributed by atoms with van der Waals surface area (Å²) in [5.74, 6) is 0. The highest BCUT2D eigenvalue weighted by Gasteiger charge is 2.26. The topological polar surface area (TPSA) is 58.2 Å². The molecule has 9 heteroatoms. The Balaban J connectivity index is 2.41. The van der Waals surface area contributed by atoms with Crippen LogP contribution in [-0.2, 0) is 16.6 Å². The normalized spacial score (nSPS) is 12.8. The average molecular weight is 344 g/mol. The molecule has 2 N–H and O–H groups in total. The summed E-state index contributed by atoms with van der Waals surface area (Å²) in [6.07, 6.45) is -5.00. The van der Waals surface area contributed by atoms with Gasteiger partial charge in [-0.15, -0.1) is 11.3 Å². The summed E-state index contributed by atoms with van der Waals surface area (Å²) in [4.78, 5) is 0.897. The standard InChI is InChI=1S/C12H19F3N2O2S2/c1-2-16-9-10-5-6-11(20-10)21(18,19)17-8-4-3-7-12(13,14)15/h5-6,16-17H,2-4,7-9H2,1H3. The fraction of sp³-hybridized carbons (Fsp3) is 0.667. The third-order valence-electron chi connectivity index (χ3n) is 2.63. The van der Waals surface area contributed by atoms with Gasteiger partial charge in [-0.3, -0.25) is 0 Å². The van der Waals surface area contributed by atoms with Gasteiger partial charge in [0.1, 0.15) is 4.21 Å². The molecule has 0 aliphatic heterocycles. The van der Waals surface area contributed by atoms with Crippen molar-refractivity contribution in [2.75, 3.05) is 13.1 Å². The van der Waals surface area contributed by atoms with Gasteiger partial charge in [-0.05, 0) is 31.5 Å². The van der Waals surface area contributed by atoms with Gasteiger partial charge in [0, 0.05) is 24.4 Å². The summed E-state index contributed by atoms with van der Waals surface area (Å²) in [6, 6.07) is 3.24. The molecular formula is C12H19F3N2O2S2. The van der Waals surface area contributed by atoms with Gasteiger partial charge in [-0.2, -0.15) is 13.2 Å². The molecule has 0 radical (unpaired) electrons. The Morgan fingerprint density at radius 1 is 1.24 bits per heavy atom. The molecule has 1 aromatic rings. The second kappa shape index (κ2) is 8.11. The molecular weight excluding hydrogens is 325 g/mol. The van der Waals surface area contributed by atoms with E-state index in [-0.39, 0.29) is 23.6 Å². The van der Waals surface area contributed by atoms with Gasteiger partial charge in [0.15, 0.2) is 0 Å². The molecule has 0 aliphatic rings. The fourth-order valence-electron chi connectivity index (χ4n) is 1.57. The van der Waals surface area contributed by atoms with E-state index >= 15 is 0 Å². The Hall–Kier alpha value is -0.640. The predicted octanol–water partition coefficient (Wildman–Crippen LogP) is 2.87. The average Bonchev–Trinajstić information content (AvgIpc) is 2.84. The highest BCUT2D eigenvalue weighted by atomic mass is 32.2. The van der Waals surface area contributed by atoms with Crippen LogP contribution in [-0.4, -0.2) is 27.7 Å². The van der Waals surface area contributed by atoms with Gasteiger partial charge in [0.05, 0.1) is 0 Å². The lowest BCUT2D eigenvalue weighted by atomic mass is 10.2. The zero-order chi connectivity index (χ0) is 15.9. The van der Waals surface area contributed by atoms with E-state index in [2.05, 4.69) is 10.0 Å². The van der Waals surface area contributed by atoms with Crippen molar-refractivity contribution in [3.05, 3.63) is 17.0 Å². The number of sulfonamides is 1. The van der Waals surface area contributed by atoms with E-state index < -0.39 is 22.6 Å². The van der Waals surface area contributed by atoms with Crippen LogP contribution < -0.4 is 10.0 Å². The molecule has 0 bridgehead atoms. The Morgan fingerprint density at radius 3 is 2.57 bits per heavy atom. The first kappa shape index (κ1) is 18.4. The first-order valence-corrected chi connectivity index (χ1v) is 8.90. The van der Waals surface area contributed by atoms with Crippen molar-refractivity contribution >= 4 is 21.4 Å². The highest BCUT2D eigenvalue weighted by Crippen LogP contribution is 2.23. The lowest BCUT2D eigenvalue weighted by Crippen LogP contribution is -2.24. The lowest BCUT2D eigenvalue weighted by Gasteiger charge is -2.07. The summed E-state index contributed by atoms with van der Waals surface area (Å²) in [5.41, 5.74) is 0. The monoisotopic (exact) mass is 344 g/mol. The van der Waals surface area contributed by atoms with Gasteiger partial charge in [0.2, 0.25) is 10.0 Å². The summed E-state index contributed by atoms with van der Waals surface area (Å²) in [7, 11) is -3.62. The Labute approximate surface area is 126 Å². The molecule has 1 rings (SSSR count). The van der Waals surface area contributed by atoms with Crippen LogP contribution in [0.5, 0.6) is 0 Å². The number of hydrogen-bond acceptors (Lipinski definition) is 4. The van der Waals surface area contributed by atoms with Gasteiger partial charge in [-0.1, -0.05) is 6.92 Å². The van der Waals surface area contributed by atoms with Crippen LogP contribution in [0.4, 0.5) is 13.2 Å². The van der Waals surface area contributed by atoms with E-state index in [0.717, 1.165) is 22.8 Å². The second-order valence-corrected chi connectivity index (χ2v) is 7.63. The van der Waals surface area contributed by atoms with Crippen molar-refractivity contribution in [3.8, 4) is 0 Å². The molecule has 4 nitrogen and oxygen atoms in total. The number of nitrogens with one attached hydrogen (secondary N) is 2. The molecule has 0 fully saturated rings. The molecule has 21 heavy (non-hydrogen) atoms. The summed E-state index contributed by atoms with van der Waals surface area (Å²) in [6.45, 7) is 3.35. The SMILES string of the molecule is CCNCc1ccc(S(=O)(=O)NCCCCC(F)(F)F)s1. The lowest BCUT2D eigenvalue weighted by molar-refractivity contribution is -0.135. The molecule has 0 unspecified atom stereocenters. The highest BCUT2D eigenvalue weighted by molar-refractivity contribution is 7.91. The van der Waals surface area contributed by atoms with Crippen molar-refractivity contribution in [1.82, 2.24) is 10.0 Å². The van der Waals surface area contributed by atoms with Gasteiger partial charge >= 0.3 is 6.18 Å². The van der Waals surface area contributed by atoms with E-state index in [1.807, 2.05) is 6.92 Å². The number of thiophene rings is 1. The number of alkyl halides is 3. The van der Waals surface area contributed by atoms with Crippen LogP contribution in [0.25, 0.3) is 0 Å². The third-order valence-corrected chi connectivity index (χ3v) is 5.67. The van der Waals surface area contributed by atoms with Gasteiger partial charge in [-0.25, -0.2) is 13.1 Å². The van der Waals surface area contributed by atoms with E-state index in [1.54, 1.807) is 6.07 Å². The van der Waals surface area contributed by atoms with Crippen LogP contribution in [0.1, 0.15) is 31.1 Å². The molecule has 0 aromatic carbocycles. The minimum Gasteiger partial charge on any atom is -0.312 e. The van der Waals surface area contributed by atoms with E-state index in [1.165, 1.54) is 6.07 Å². The van der Waals surface area contributed by atoms with E-state index in [0.29, 0.717) is 6.54 Å². The number of hydrogen-bond donors (Lipinski definition) is 2. The smallest absolute Gasteiger partial charge is 0.312 e. The predicted molar refractivity (Wildman–Crippen MR) is 76.8 cm³/mol. The third kappa shape index (κ3) is 7.25. The first-order valence-electron chi connectivity index (χ1n) is 6.60. The maximum Gasteiger partial charge on any atom is 0.389 e. The van der Waals surface area contributed by atoms with Crippen LogP contribution in [0.2, 0.25) is 0 Å². The second-order valence-electron chi connectivity index (χ2n) is 4.47. The molecule has 0 amide bonds. The van der Waals surface area contributed by atoms with E-state index in [4.69, 9.17) is 0 Å². The molecule has 1 aromatic heterocycles. The fourth-order valence-corrected chi connectivity index (χ4v) is 4.02. The molecule has 122 valence electrons. The maximum atomic E-state index is 11.9. The van der Waals surface area contributed by atoms with Crippen LogP contribution in [0.15, 0.2) is 16.3 Å². The maximum absolute atomic E-state index is 11.9. The Morgan fingerprint density at radius 2 is 1.95 bits per heavy atom. The van der Waals surface area contributed by atoms with Gasteiger partial charge in [0.25, 0.3) is 0 Å². The zero-order valence-corrected chi connectivity index (χ0v) is 13.3. The van der Waals surface area contributed by atoms with Gasteiger partial charge < -0.3 is 5.32 Å². The van der Waals surface area contributed by atoms with Crippen molar-refractivity contribution in [3.63, 3.8) is 0 Å². The van der Waals surface area contributed by atoms with Crippen LogP contribution in [0.3, 0.4) is 0 Å². The number of unbranched alkanes of at least 4 members (excludes halogenated alkanes) is 1. The minimum absolute atomic E-state index is 0.0128. The molecule has 1 heterocycles. The molecule has 0 saturated heterocycles. The molecule has 0 saturated carbocycles. The van der Waals surface area contributed by atoms with Crippen molar-refractivity contribution in [2.45, 2.75) is 43.1 Å². The van der Waals surface area contributed by atoms with Crippen molar-refractivity contribution in [1.29, 1.82) is 0 Å². The van der Waals surface area contributed by atoms with Crippen LogP contribution >= 0.6 is 11.3 Å². The van der Waals surface area contributed by atoms with Crippen molar-refractivity contribution < 1.29 is 21.6 Å². The largest absolute Gasteiger partial charge is 0.389 e. The number of halogens is 3. The summed E-state index contributed by atoms with van der Waals surface area (Å²) < 4.78 is 62.2. The minimum atomic E-state index is -4.19. The first-order chi connectivity index (χ1) is 9.74. The molecule has 0 spiro atoms.